The van der Waals surface area contributed by atoms with Gasteiger partial charge in [-0.05, 0) is 61.6 Å². The number of benzene rings is 1. The molecular formula is C25H28N4O4. The standard InChI is InChI=1S/C25H28N4O4/c26-22(31)20-7-4-10-27-23(20)33-19-14-25(15-19)12-18(13-25)29-21(30)11-17(28-24(29)32)9-8-16-5-2-1-3-6-16/h1-7,10,17-19H,8-9,11-15H2,(H2,26,31)(H,28,32). The summed E-state index contributed by atoms with van der Waals surface area (Å²) in [5.41, 5.74) is 6.98. The van der Waals surface area contributed by atoms with E-state index in [-0.39, 0.29) is 47.0 Å². The molecule has 1 atom stereocenters. The number of nitrogens with one attached hydrogen (secondary N) is 1. The van der Waals surface area contributed by atoms with E-state index in [1.807, 2.05) is 18.2 Å². The van der Waals surface area contributed by atoms with Crippen LogP contribution in [0.25, 0.3) is 0 Å². The second-order valence-electron chi connectivity index (χ2n) is 9.57. The van der Waals surface area contributed by atoms with E-state index in [1.165, 1.54) is 10.5 Å². The molecule has 2 aliphatic carbocycles. The van der Waals surface area contributed by atoms with Crippen molar-refractivity contribution in [1.82, 2.24) is 15.2 Å². The van der Waals surface area contributed by atoms with Crippen LogP contribution in [-0.4, -0.2) is 45.9 Å². The highest BCUT2D eigenvalue weighted by atomic mass is 16.5. The summed E-state index contributed by atoms with van der Waals surface area (Å²) in [6, 6.07) is 12.9. The lowest BCUT2D eigenvalue weighted by atomic mass is 9.52. The zero-order chi connectivity index (χ0) is 23.0. The number of hydrogen-bond acceptors (Lipinski definition) is 5. The van der Waals surface area contributed by atoms with Crippen LogP contribution in [0.5, 0.6) is 5.88 Å². The minimum atomic E-state index is -0.562. The lowest BCUT2D eigenvalue weighted by Gasteiger charge is -2.59. The topological polar surface area (TPSA) is 115 Å². The molecule has 172 valence electrons. The molecule has 3 N–H and O–H groups in total. The summed E-state index contributed by atoms with van der Waals surface area (Å²) in [7, 11) is 0. The predicted molar refractivity (Wildman–Crippen MR) is 120 cm³/mol. The zero-order valence-electron chi connectivity index (χ0n) is 18.4. The third-order valence-corrected chi connectivity index (χ3v) is 7.20. The molecule has 0 bridgehead atoms. The Labute approximate surface area is 192 Å². The summed E-state index contributed by atoms with van der Waals surface area (Å²) in [5.74, 6) is -0.372. The van der Waals surface area contributed by atoms with Crippen molar-refractivity contribution in [2.24, 2.45) is 11.1 Å². The molecule has 8 heteroatoms. The van der Waals surface area contributed by atoms with E-state index >= 15 is 0 Å². The first kappa shape index (κ1) is 21.4. The summed E-state index contributed by atoms with van der Waals surface area (Å²) < 4.78 is 5.90. The van der Waals surface area contributed by atoms with Gasteiger partial charge in [0.2, 0.25) is 11.8 Å². The fourth-order valence-corrected chi connectivity index (χ4v) is 5.52. The number of aryl methyl sites for hydroxylation is 1. The highest BCUT2D eigenvalue weighted by Crippen LogP contribution is 2.58. The number of amides is 4. The average Bonchev–Trinajstić information content (AvgIpc) is 2.75. The Hall–Kier alpha value is -3.42. The van der Waals surface area contributed by atoms with Crippen LogP contribution in [-0.2, 0) is 11.2 Å². The molecule has 1 saturated heterocycles. The number of primary amides is 1. The number of rotatable bonds is 7. The number of pyridine rings is 1. The lowest BCUT2D eigenvalue weighted by Crippen LogP contribution is -2.65. The van der Waals surface area contributed by atoms with Gasteiger partial charge >= 0.3 is 6.03 Å². The van der Waals surface area contributed by atoms with Crippen LogP contribution in [0.2, 0.25) is 0 Å². The Morgan fingerprint density at radius 1 is 1.12 bits per heavy atom. The third-order valence-electron chi connectivity index (χ3n) is 7.20. The van der Waals surface area contributed by atoms with Crippen LogP contribution in [0.4, 0.5) is 4.79 Å². The molecule has 1 spiro atoms. The first-order chi connectivity index (χ1) is 15.9. The van der Waals surface area contributed by atoms with Crippen LogP contribution >= 0.6 is 0 Å². The normalized spacial score (nSPS) is 28.6. The van der Waals surface area contributed by atoms with E-state index in [0.717, 1.165) is 38.5 Å². The summed E-state index contributed by atoms with van der Waals surface area (Å²) >= 11 is 0. The van der Waals surface area contributed by atoms with Gasteiger partial charge in [0.05, 0.1) is 0 Å². The van der Waals surface area contributed by atoms with Gasteiger partial charge in [0, 0.05) is 24.7 Å². The quantitative estimate of drug-likeness (QED) is 0.676. The first-order valence-corrected chi connectivity index (χ1v) is 11.5. The van der Waals surface area contributed by atoms with Crippen LogP contribution in [0.15, 0.2) is 48.7 Å². The SMILES string of the molecule is NC(=O)c1cccnc1OC1CC2(C1)CC(N1C(=O)CC(CCc3ccccc3)NC1=O)C2. The van der Waals surface area contributed by atoms with Crippen molar-refractivity contribution in [2.45, 2.75) is 63.1 Å². The van der Waals surface area contributed by atoms with Crippen molar-refractivity contribution < 1.29 is 19.1 Å². The number of aromatic nitrogens is 1. The summed E-state index contributed by atoms with van der Waals surface area (Å²) in [6.07, 6.45) is 6.71. The molecule has 1 aliphatic heterocycles. The molecule has 2 aromatic rings. The van der Waals surface area contributed by atoms with Crippen LogP contribution in [0.3, 0.4) is 0 Å². The minimum absolute atomic E-state index is 0.0350. The number of ether oxygens (including phenoxy) is 1. The Kier molecular flexibility index (Phi) is 5.52. The maximum atomic E-state index is 12.8. The van der Waals surface area contributed by atoms with E-state index in [2.05, 4.69) is 22.4 Å². The van der Waals surface area contributed by atoms with Crippen molar-refractivity contribution in [1.29, 1.82) is 0 Å². The predicted octanol–water partition coefficient (Wildman–Crippen LogP) is 2.81. The number of imide groups is 1. The summed E-state index contributed by atoms with van der Waals surface area (Å²) in [4.78, 5) is 42.6. The van der Waals surface area contributed by atoms with E-state index < -0.39 is 5.91 Å². The summed E-state index contributed by atoms with van der Waals surface area (Å²) in [6.45, 7) is 0. The maximum absolute atomic E-state index is 12.8. The minimum Gasteiger partial charge on any atom is -0.474 e. The number of urea groups is 1. The molecule has 33 heavy (non-hydrogen) atoms. The Morgan fingerprint density at radius 3 is 2.58 bits per heavy atom. The second-order valence-corrected chi connectivity index (χ2v) is 9.57. The molecule has 1 aromatic heterocycles. The monoisotopic (exact) mass is 448 g/mol. The highest BCUT2D eigenvalue weighted by Gasteiger charge is 2.57. The molecule has 0 radical (unpaired) electrons. The molecule has 3 fully saturated rings. The Balaban J connectivity index is 1.10. The number of nitrogens with two attached hydrogens (primary N) is 1. The van der Waals surface area contributed by atoms with Crippen molar-refractivity contribution in [2.75, 3.05) is 0 Å². The molecule has 4 amide bonds. The smallest absolute Gasteiger partial charge is 0.324 e. The maximum Gasteiger partial charge on any atom is 0.324 e. The van der Waals surface area contributed by atoms with Crippen molar-refractivity contribution in [3.8, 4) is 5.88 Å². The second kappa shape index (κ2) is 8.50. The molecule has 2 heterocycles. The van der Waals surface area contributed by atoms with Gasteiger partial charge in [0.25, 0.3) is 5.91 Å². The molecule has 3 aliphatic rings. The van der Waals surface area contributed by atoms with Gasteiger partial charge in [0.1, 0.15) is 11.7 Å². The molecule has 1 aromatic carbocycles. The Bertz CT molecular complexity index is 1040. The third kappa shape index (κ3) is 4.29. The number of hydrogen-bond donors (Lipinski definition) is 2. The van der Waals surface area contributed by atoms with Gasteiger partial charge in [-0.25, -0.2) is 9.78 Å². The fourth-order valence-electron chi connectivity index (χ4n) is 5.52. The van der Waals surface area contributed by atoms with E-state index in [4.69, 9.17) is 10.5 Å². The molecule has 5 rings (SSSR count). The van der Waals surface area contributed by atoms with Crippen LogP contribution in [0, 0.1) is 5.41 Å². The number of nitrogens with zero attached hydrogens (tertiary/aromatic N) is 2. The molecule has 8 nitrogen and oxygen atoms in total. The van der Waals surface area contributed by atoms with Gasteiger partial charge in [-0.1, -0.05) is 30.3 Å². The Morgan fingerprint density at radius 2 is 1.88 bits per heavy atom. The van der Waals surface area contributed by atoms with E-state index in [1.54, 1.807) is 18.3 Å². The van der Waals surface area contributed by atoms with Crippen LogP contribution < -0.4 is 15.8 Å². The highest BCUT2D eigenvalue weighted by molar-refractivity contribution is 5.98. The fraction of sp³-hybridized carbons (Fsp3) is 0.440. The summed E-state index contributed by atoms with van der Waals surface area (Å²) in [5, 5.41) is 3.03. The van der Waals surface area contributed by atoms with Crippen molar-refractivity contribution in [3.05, 3.63) is 59.8 Å². The molecular weight excluding hydrogens is 420 g/mol. The molecule has 1 unspecified atom stereocenters. The molecule has 2 saturated carbocycles. The van der Waals surface area contributed by atoms with Crippen LogP contribution in [0.1, 0.15) is 54.4 Å². The van der Waals surface area contributed by atoms with E-state index in [0.29, 0.717) is 6.42 Å². The zero-order valence-corrected chi connectivity index (χ0v) is 18.4. The van der Waals surface area contributed by atoms with Gasteiger partial charge in [-0.3, -0.25) is 14.5 Å². The van der Waals surface area contributed by atoms with Gasteiger partial charge in [-0.15, -0.1) is 0 Å². The average molecular weight is 449 g/mol. The van der Waals surface area contributed by atoms with Gasteiger partial charge in [-0.2, -0.15) is 0 Å². The van der Waals surface area contributed by atoms with E-state index in [9.17, 15) is 14.4 Å². The van der Waals surface area contributed by atoms with Gasteiger partial charge < -0.3 is 15.8 Å². The first-order valence-electron chi connectivity index (χ1n) is 11.5. The largest absolute Gasteiger partial charge is 0.474 e. The number of carbonyl (C=O) groups excluding carboxylic acids is 3. The van der Waals surface area contributed by atoms with Crippen molar-refractivity contribution >= 4 is 17.8 Å². The lowest BCUT2D eigenvalue weighted by molar-refractivity contribution is -0.145. The van der Waals surface area contributed by atoms with Gasteiger partial charge in [0.15, 0.2) is 0 Å². The number of carbonyl (C=O) groups is 3. The van der Waals surface area contributed by atoms with Crippen molar-refractivity contribution in [3.63, 3.8) is 0 Å².